The van der Waals surface area contributed by atoms with Gasteiger partial charge in [0.05, 0.1) is 18.8 Å². The Morgan fingerprint density at radius 2 is 2.06 bits per heavy atom. The second-order valence-corrected chi connectivity index (χ2v) is 5.79. The molecule has 1 aliphatic rings. The molecule has 0 radical (unpaired) electrons. The van der Waals surface area contributed by atoms with Gasteiger partial charge in [-0.3, -0.25) is 4.79 Å². The van der Waals surface area contributed by atoms with Gasteiger partial charge in [0.15, 0.2) is 0 Å². The van der Waals surface area contributed by atoms with E-state index in [1.807, 2.05) is 25.7 Å². The van der Waals surface area contributed by atoms with E-state index in [1.165, 1.54) is 0 Å². The zero-order valence-electron chi connectivity index (χ0n) is 12.2. The highest BCUT2D eigenvalue weighted by molar-refractivity contribution is 5.78. The van der Waals surface area contributed by atoms with Crippen LogP contribution < -0.4 is 5.73 Å². The van der Waals surface area contributed by atoms with E-state index in [2.05, 4.69) is 6.92 Å². The maximum atomic E-state index is 12.4. The van der Waals surface area contributed by atoms with Crippen molar-refractivity contribution in [3.63, 3.8) is 0 Å². The van der Waals surface area contributed by atoms with Crippen LogP contribution in [-0.2, 0) is 9.53 Å². The van der Waals surface area contributed by atoms with E-state index in [0.29, 0.717) is 6.61 Å². The number of carbonyl (C=O) groups is 1. The van der Waals surface area contributed by atoms with E-state index in [-0.39, 0.29) is 30.0 Å². The van der Waals surface area contributed by atoms with Crippen LogP contribution >= 0.6 is 0 Å². The van der Waals surface area contributed by atoms with E-state index >= 15 is 0 Å². The van der Waals surface area contributed by atoms with Gasteiger partial charge in [-0.15, -0.1) is 0 Å². The third kappa shape index (κ3) is 4.58. The topological polar surface area (TPSA) is 55.6 Å². The standard InChI is InChI=1S/C14H28N2O2/c1-10(6-5-7-11(2)15)14(17)16-8-13(4)18-9-12(16)3/h10-13H,5-9,15H2,1-4H3. The number of hydrogen-bond donors (Lipinski definition) is 1. The van der Waals surface area contributed by atoms with Crippen molar-refractivity contribution in [1.29, 1.82) is 0 Å². The van der Waals surface area contributed by atoms with Crippen molar-refractivity contribution >= 4 is 5.91 Å². The second kappa shape index (κ2) is 7.10. The van der Waals surface area contributed by atoms with Crippen LogP contribution in [0.5, 0.6) is 0 Å². The predicted octanol–water partition coefficient (Wildman–Crippen LogP) is 1.78. The molecule has 4 unspecified atom stereocenters. The smallest absolute Gasteiger partial charge is 0.225 e. The zero-order valence-corrected chi connectivity index (χ0v) is 12.2. The Morgan fingerprint density at radius 3 is 2.67 bits per heavy atom. The minimum absolute atomic E-state index is 0.0940. The summed E-state index contributed by atoms with van der Waals surface area (Å²) < 4.78 is 5.55. The fourth-order valence-corrected chi connectivity index (χ4v) is 2.36. The van der Waals surface area contributed by atoms with Crippen molar-refractivity contribution in [2.24, 2.45) is 11.7 Å². The number of ether oxygens (including phenoxy) is 1. The van der Waals surface area contributed by atoms with Crippen LogP contribution in [0.15, 0.2) is 0 Å². The molecule has 18 heavy (non-hydrogen) atoms. The monoisotopic (exact) mass is 256 g/mol. The molecule has 1 heterocycles. The molecule has 0 bridgehead atoms. The highest BCUT2D eigenvalue weighted by Crippen LogP contribution is 2.18. The summed E-state index contributed by atoms with van der Waals surface area (Å²) in [6, 6.07) is 0.430. The van der Waals surface area contributed by atoms with Crippen LogP contribution in [0.25, 0.3) is 0 Å². The molecule has 0 aromatic heterocycles. The van der Waals surface area contributed by atoms with Gasteiger partial charge in [0.25, 0.3) is 0 Å². The van der Waals surface area contributed by atoms with Crippen molar-refractivity contribution in [3.8, 4) is 0 Å². The van der Waals surface area contributed by atoms with Crippen LogP contribution in [-0.4, -0.2) is 42.1 Å². The lowest BCUT2D eigenvalue weighted by atomic mass is 9.99. The molecular weight excluding hydrogens is 228 g/mol. The Morgan fingerprint density at radius 1 is 1.39 bits per heavy atom. The number of rotatable bonds is 5. The minimum Gasteiger partial charge on any atom is -0.375 e. The third-order valence-electron chi connectivity index (χ3n) is 3.61. The molecule has 0 aliphatic carbocycles. The number of nitrogens with zero attached hydrogens (tertiary/aromatic N) is 1. The van der Waals surface area contributed by atoms with Crippen LogP contribution in [0.2, 0.25) is 0 Å². The van der Waals surface area contributed by atoms with E-state index in [0.717, 1.165) is 25.8 Å². The van der Waals surface area contributed by atoms with Crippen molar-refractivity contribution in [3.05, 3.63) is 0 Å². The van der Waals surface area contributed by atoms with Gasteiger partial charge in [-0.05, 0) is 33.6 Å². The summed E-state index contributed by atoms with van der Waals surface area (Å²) >= 11 is 0. The van der Waals surface area contributed by atoms with Crippen LogP contribution in [0.1, 0.15) is 47.0 Å². The molecule has 1 fully saturated rings. The predicted molar refractivity (Wildman–Crippen MR) is 73.3 cm³/mol. The third-order valence-corrected chi connectivity index (χ3v) is 3.61. The number of morpholine rings is 1. The molecule has 4 heteroatoms. The summed E-state index contributed by atoms with van der Waals surface area (Å²) in [5.74, 6) is 0.360. The molecule has 2 N–H and O–H groups in total. The van der Waals surface area contributed by atoms with E-state index in [9.17, 15) is 4.79 Å². The average molecular weight is 256 g/mol. The van der Waals surface area contributed by atoms with E-state index in [4.69, 9.17) is 10.5 Å². The van der Waals surface area contributed by atoms with Gasteiger partial charge in [0, 0.05) is 18.5 Å². The minimum atomic E-state index is 0.0940. The van der Waals surface area contributed by atoms with Crippen LogP contribution in [0.3, 0.4) is 0 Å². The average Bonchev–Trinajstić information content (AvgIpc) is 2.30. The zero-order chi connectivity index (χ0) is 13.7. The van der Waals surface area contributed by atoms with Crippen LogP contribution in [0.4, 0.5) is 0 Å². The normalized spacial score (nSPS) is 27.9. The van der Waals surface area contributed by atoms with Gasteiger partial charge in [-0.25, -0.2) is 0 Å². The summed E-state index contributed by atoms with van der Waals surface area (Å²) in [5, 5.41) is 0. The first kappa shape index (κ1) is 15.4. The molecule has 0 saturated carbocycles. The maximum Gasteiger partial charge on any atom is 0.225 e. The van der Waals surface area contributed by atoms with Crippen LogP contribution in [0, 0.1) is 5.92 Å². The van der Waals surface area contributed by atoms with Gasteiger partial charge < -0.3 is 15.4 Å². The number of hydrogen-bond acceptors (Lipinski definition) is 3. The Bertz CT molecular complexity index is 269. The largest absolute Gasteiger partial charge is 0.375 e. The SMILES string of the molecule is CC(N)CCCC(C)C(=O)N1CC(C)OCC1C. The van der Waals surface area contributed by atoms with Gasteiger partial charge in [-0.2, -0.15) is 0 Å². The summed E-state index contributed by atoms with van der Waals surface area (Å²) in [5.41, 5.74) is 5.73. The second-order valence-electron chi connectivity index (χ2n) is 5.79. The fourth-order valence-electron chi connectivity index (χ4n) is 2.36. The van der Waals surface area contributed by atoms with Gasteiger partial charge in [0.1, 0.15) is 0 Å². The Balaban J connectivity index is 2.41. The number of amides is 1. The number of carbonyl (C=O) groups excluding carboxylic acids is 1. The molecule has 0 aromatic carbocycles. The molecule has 0 spiro atoms. The molecular formula is C14H28N2O2. The lowest BCUT2D eigenvalue weighted by Gasteiger charge is -2.38. The molecule has 4 nitrogen and oxygen atoms in total. The van der Waals surface area contributed by atoms with Crippen molar-refractivity contribution in [2.75, 3.05) is 13.2 Å². The summed E-state index contributed by atoms with van der Waals surface area (Å²) in [7, 11) is 0. The van der Waals surface area contributed by atoms with Crippen molar-refractivity contribution < 1.29 is 9.53 Å². The fraction of sp³-hybridized carbons (Fsp3) is 0.929. The Kier molecular flexibility index (Phi) is 6.09. The summed E-state index contributed by atoms with van der Waals surface area (Å²) in [6.45, 7) is 9.48. The van der Waals surface area contributed by atoms with Gasteiger partial charge in [-0.1, -0.05) is 13.3 Å². The molecule has 1 aliphatic heterocycles. The summed E-state index contributed by atoms with van der Waals surface area (Å²) in [4.78, 5) is 14.3. The first-order valence-electron chi connectivity index (χ1n) is 7.09. The van der Waals surface area contributed by atoms with Crippen molar-refractivity contribution in [2.45, 2.75) is 65.1 Å². The van der Waals surface area contributed by atoms with E-state index in [1.54, 1.807) is 0 Å². The molecule has 1 amide bonds. The lowest BCUT2D eigenvalue weighted by Crippen LogP contribution is -2.51. The molecule has 1 saturated heterocycles. The molecule has 4 atom stereocenters. The molecule has 0 aromatic rings. The highest BCUT2D eigenvalue weighted by atomic mass is 16.5. The van der Waals surface area contributed by atoms with Gasteiger partial charge in [0.2, 0.25) is 5.91 Å². The Hall–Kier alpha value is -0.610. The van der Waals surface area contributed by atoms with Crippen molar-refractivity contribution in [1.82, 2.24) is 4.90 Å². The van der Waals surface area contributed by atoms with E-state index < -0.39 is 0 Å². The highest BCUT2D eigenvalue weighted by Gasteiger charge is 2.29. The number of nitrogens with two attached hydrogens (primary N) is 1. The Labute approximate surface area is 111 Å². The first-order chi connectivity index (χ1) is 8.41. The van der Waals surface area contributed by atoms with Gasteiger partial charge >= 0.3 is 0 Å². The molecule has 106 valence electrons. The maximum absolute atomic E-state index is 12.4. The molecule has 1 rings (SSSR count). The quantitative estimate of drug-likeness (QED) is 0.815. The summed E-state index contributed by atoms with van der Waals surface area (Å²) in [6.07, 6.45) is 3.10. The lowest BCUT2D eigenvalue weighted by molar-refractivity contribution is -0.147. The first-order valence-corrected chi connectivity index (χ1v) is 7.09.